The number of esters is 2. The molecule has 0 saturated carbocycles. The minimum absolute atomic E-state index is 0.0571. The number of hydrogen-bond acceptors (Lipinski definition) is 17. The van der Waals surface area contributed by atoms with E-state index in [1.54, 1.807) is 65.8 Å². The highest BCUT2D eigenvalue weighted by atomic mass is 79.9. The number of carbonyl (C=O) groups is 9. The summed E-state index contributed by atoms with van der Waals surface area (Å²) in [5, 5.41) is 26.0. The number of alkyl halides is 1. The zero-order valence-corrected chi connectivity index (χ0v) is 54.5. The van der Waals surface area contributed by atoms with Crippen LogP contribution in [0.4, 0.5) is 21.0 Å². The van der Waals surface area contributed by atoms with Crippen molar-refractivity contribution in [2.75, 3.05) is 50.4 Å². The van der Waals surface area contributed by atoms with Gasteiger partial charge in [0.25, 0.3) is 5.91 Å². The lowest BCUT2D eigenvalue weighted by molar-refractivity contribution is -0.158. The first kappa shape index (κ1) is 71.8. The molecule has 7 amide bonds. The molecule has 2 fully saturated rings. The number of methoxy groups -OCH3 is 2. The number of rotatable bonds is 25. The van der Waals surface area contributed by atoms with Gasteiger partial charge in [0.15, 0.2) is 5.72 Å². The molecule has 0 aromatic heterocycles. The van der Waals surface area contributed by atoms with Crippen LogP contribution in [0.2, 0.25) is 5.02 Å². The summed E-state index contributed by atoms with van der Waals surface area (Å²) in [6.45, 7) is 17.6. The number of anilines is 2. The smallest absolute Gasteiger partial charge is 0.409 e. The Labute approximate surface area is 527 Å². The summed E-state index contributed by atoms with van der Waals surface area (Å²) >= 11 is 10.0. The van der Waals surface area contributed by atoms with E-state index in [1.165, 1.54) is 64.4 Å². The van der Waals surface area contributed by atoms with Gasteiger partial charge in [0, 0.05) is 62.2 Å². The number of halogens is 2. The molecule has 2 aromatic rings. The van der Waals surface area contributed by atoms with Crippen LogP contribution in [0.3, 0.4) is 0 Å². The van der Waals surface area contributed by atoms with Gasteiger partial charge < -0.3 is 69.8 Å². The summed E-state index contributed by atoms with van der Waals surface area (Å²) in [6, 6.07) is 4.41. The number of amides is 7. The molecular weight excluding hydrogens is 1230 g/mol. The van der Waals surface area contributed by atoms with Crippen molar-refractivity contribution in [3.63, 3.8) is 0 Å². The Bertz CT molecular complexity index is 2960. The van der Waals surface area contributed by atoms with Crippen molar-refractivity contribution in [1.29, 1.82) is 0 Å². The van der Waals surface area contributed by atoms with Gasteiger partial charge in [0.05, 0.1) is 37.4 Å². The van der Waals surface area contributed by atoms with E-state index in [1.807, 2.05) is 13.0 Å². The van der Waals surface area contributed by atoms with Gasteiger partial charge in [-0.1, -0.05) is 78.7 Å². The van der Waals surface area contributed by atoms with E-state index in [4.69, 9.17) is 45.8 Å². The Morgan fingerprint density at radius 1 is 1.07 bits per heavy atom. The van der Waals surface area contributed by atoms with E-state index in [-0.39, 0.29) is 58.9 Å². The van der Waals surface area contributed by atoms with Gasteiger partial charge in [-0.25, -0.2) is 19.2 Å². The molecule has 0 spiro atoms. The number of nitrogens with one attached hydrogen (secondary N) is 5. The molecule has 3 heterocycles. The van der Waals surface area contributed by atoms with Crippen molar-refractivity contribution in [3.8, 4) is 5.75 Å². The van der Waals surface area contributed by atoms with E-state index >= 15 is 0 Å². The molecule has 2 aromatic carbocycles. The highest BCUT2D eigenvalue weighted by Crippen LogP contribution is 2.49. The Hall–Kier alpha value is -6.90. The summed E-state index contributed by atoms with van der Waals surface area (Å²) in [5.41, 5.74) is 3.68. The number of benzene rings is 2. The maximum absolute atomic E-state index is 14.5. The topological polar surface area (TPSA) is 325 Å². The van der Waals surface area contributed by atoms with Crippen molar-refractivity contribution >= 4 is 92.9 Å². The van der Waals surface area contributed by atoms with Crippen LogP contribution in [0.25, 0.3) is 0 Å². The van der Waals surface area contributed by atoms with Crippen LogP contribution >= 0.6 is 27.5 Å². The molecule has 1 unspecified atom stereocenters. The van der Waals surface area contributed by atoms with Crippen LogP contribution in [0.15, 0.2) is 72.4 Å². The lowest BCUT2D eigenvalue weighted by Gasteiger charge is -2.42. The third-order valence-corrected chi connectivity index (χ3v) is 17.1. The van der Waals surface area contributed by atoms with Crippen LogP contribution in [0.5, 0.6) is 5.75 Å². The quantitative estimate of drug-likeness (QED) is 0.0109. The summed E-state index contributed by atoms with van der Waals surface area (Å²) in [5.74, 6) is -4.46. The molecule has 0 radical (unpaired) electrons. The number of ether oxygens (including phenoxy) is 6. The van der Waals surface area contributed by atoms with Crippen molar-refractivity contribution in [1.82, 2.24) is 26.2 Å². The molecule has 0 aliphatic carbocycles. The van der Waals surface area contributed by atoms with Crippen LogP contribution in [-0.4, -0.2) is 170 Å². The summed E-state index contributed by atoms with van der Waals surface area (Å²) in [7, 11) is 5.77. The fraction of sp³-hybridized carbons (Fsp3) is 0.565. The second kappa shape index (κ2) is 31.5. The highest BCUT2D eigenvalue weighted by Gasteiger charge is 2.64. The fourth-order valence-electron chi connectivity index (χ4n) is 10.5. The van der Waals surface area contributed by atoms with Gasteiger partial charge in [-0.3, -0.25) is 29.8 Å². The van der Waals surface area contributed by atoms with Crippen LogP contribution < -0.4 is 42.0 Å². The van der Waals surface area contributed by atoms with Gasteiger partial charge in [-0.2, -0.15) is 0 Å². The van der Waals surface area contributed by atoms with Gasteiger partial charge in [0.1, 0.15) is 58.7 Å². The number of aliphatic hydroxyl groups is 1. The lowest BCUT2D eigenvalue weighted by Crippen LogP contribution is -2.63. The van der Waals surface area contributed by atoms with Crippen molar-refractivity contribution in [2.24, 2.45) is 17.6 Å². The number of epoxide rings is 1. The third kappa shape index (κ3) is 19.1. The predicted octanol–water partition coefficient (Wildman–Crippen LogP) is 6.33. The van der Waals surface area contributed by atoms with Crippen molar-refractivity contribution in [3.05, 3.63) is 88.5 Å². The summed E-state index contributed by atoms with van der Waals surface area (Å²) < 4.78 is 35.2. The number of alkyl carbamates (subject to hydrolysis) is 1. The molecule has 4 bridgehead atoms. The Morgan fingerprint density at radius 3 is 2.36 bits per heavy atom. The van der Waals surface area contributed by atoms with Gasteiger partial charge in [-0.15, -0.1) is 0 Å². The molecule has 2 saturated heterocycles. The monoisotopic (exact) mass is 1310 g/mol. The van der Waals surface area contributed by atoms with Gasteiger partial charge >= 0.3 is 24.1 Å². The largest absolute Gasteiger partial charge is 0.495 e. The fourth-order valence-corrected chi connectivity index (χ4v) is 11.1. The molecule has 5 rings (SSSR count). The van der Waals surface area contributed by atoms with Gasteiger partial charge in [-0.05, 0) is 121 Å². The number of fused-ring (bicyclic) bond motifs is 5. The summed E-state index contributed by atoms with van der Waals surface area (Å²) in [4.78, 5) is 123. The zero-order chi connectivity index (χ0) is 65.6. The standard InChI is InChI=1S/C62H86BrClN8O16/c1-34(2)51(67-42(33-73)18-15-25-60(7,8)88-56(78)36(4)32-63)54(76)69-43(19-16-26-66-58(65)80)53(75)68-41-23-21-40(22-24-41)55(77)71(10)38(6)57(79)86-48-30-49(74)72(11)44-28-39(29-45(83-12)50(44)64)27-35(3)17-14-20-47(84-13)62(82)31-46(85-59(81)70-62)37(5)52-61(48,9)87-52/h14,17,20-24,28-29,33-34,37-38,42-43,46-48,51-52,67,82H,4,15-16,18-19,25-27,30-32H2,1-3,5-13H3,(H,68,75)(H,69,76)(H,70,81)(H3,65,66,80)/b20-14+,35-17+/t37-,38+,42?,43+,46+,47-,48+,51+,52+,61+,62+/m1/s1. The van der Waals surface area contributed by atoms with E-state index in [0.29, 0.717) is 43.4 Å². The number of nitrogens with two attached hydrogens (primary N) is 1. The number of nitrogens with zero attached hydrogens (tertiary/aromatic N) is 2. The molecule has 24 nitrogen and oxygen atoms in total. The third-order valence-electron chi connectivity index (χ3n) is 16.1. The second-order valence-corrected chi connectivity index (χ2v) is 24.7. The number of aldehydes is 1. The van der Waals surface area contributed by atoms with Gasteiger partial charge in [0.2, 0.25) is 17.7 Å². The number of allylic oxidation sites excluding steroid dienone is 3. The van der Waals surface area contributed by atoms with E-state index in [0.717, 1.165) is 16.0 Å². The van der Waals surface area contributed by atoms with E-state index < -0.39 is 126 Å². The maximum atomic E-state index is 14.5. The Morgan fingerprint density at radius 2 is 1.75 bits per heavy atom. The number of likely N-dealkylation sites (N-methyl/N-ethyl adjacent to an activating group) is 1. The van der Waals surface area contributed by atoms with Crippen LogP contribution in [0.1, 0.15) is 116 Å². The minimum Gasteiger partial charge on any atom is -0.495 e. The summed E-state index contributed by atoms with van der Waals surface area (Å²) in [6.07, 6.45) is 2.20. The number of urea groups is 1. The van der Waals surface area contributed by atoms with Crippen LogP contribution in [0, 0.1) is 11.8 Å². The molecule has 3 aliphatic heterocycles. The minimum atomic E-state index is -1.92. The second-order valence-electron chi connectivity index (χ2n) is 23.8. The molecule has 88 heavy (non-hydrogen) atoms. The number of carbonyl (C=O) groups excluding carboxylic acids is 9. The first-order valence-corrected chi connectivity index (χ1v) is 30.6. The highest BCUT2D eigenvalue weighted by molar-refractivity contribution is 9.09. The maximum Gasteiger partial charge on any atom is 0.409 e. The molecule has 484 valence electrons. The average molecular weight is 1310 g/mol. The van der Waals surface area contributed by atoms with E-state index in [2.05, 4.69) is 49.1 Å². The Kier molecular flexibility index (Phi) is 25.7. The average Bonchev–Trinajstić information content (AvgIpc) is 1.79. The first-order chi connectivity index (χ1) is 41.3. The Balaban J connectivity index is 1.32. The van der Waals surface area contributed by atoms with Crippen molar-refractivity contribution in [2.45, 2.75) is 172 Å². The van der Waals surface area contributed by atoms with Crippen LogP contribution in [-0.2, 0) is 58.9 Å². The molecular formula is C62H86BrClN8O16. The zero-order valence-electron chi connectivity index (χ0n) is 52.1. The first-order valence-electron chi connectivity index (χ1n) is 29.1. The number of hydrogen-bond donors (Lipinski definition) is 7. The molecule has 11 atom stereocenters. The van der Waals surface area contributed by atoms with E-state index in [9.17, 15) is 48.3 Å². The number of primary amides is 1. The molecule has 26 heteroatoms. The molecule has 8 N–H and O–H groups in total. The normalized spacial score (nSPS) is 24.4. The van der Waals surface area contributed by atoms with Crippen molar-refractivity contribution < 1.29 is 76.7 Å². The predicted molar refractivity (Wildman–Crippen MR) is 333 cm³/mol. The lowest BCUT2D eigenvalue weighted by atomic mass is 9.83. The SMILES string of the molecule is C=C(CBr)C(=O)OC(C)(C)CCCC(C=O)N[C@H](C(=O)N[C@@H](CCCNC(N)=O)C(=O)Nc1ccc(C(=O)N(C)[C@@H](C)C(=O)O[C@H]2CC(=O)N(C)c3cc(cc(OC)c3Cl)C/C(C)=C/C=C/[C@@H](OC)[C@@]3(O)C[C@H](OC(=O)N3)[C@@H](C)[C@@H]3O[C@@]23C)cc1)C(C)C. The molecule has 3 aliphatic rings.